The summed E-state index contributed by atoms with van der Waals surface area (Å²) in [5.74, 6) is 0.272. The second-order valence-corrected chi connectivity index (χ2v) is 5.06. The van der Waals surface area contributed by atoms with Crippen LogP contribution in [0.5, 0.6) is 5.75 Å². The second kappa shape index (κ2) is 6.78. The van der Waals surface area contributed by atoms with Crippen molar-refractivity contribution in [1.82, 2.24) is 10.6 Å². The fourth-order valence-electron chi connectivity index (χ4n) is 2.47. The third kappa shape index (κ3) is 3.65. The van der Waals surface area contributed by atoms with E-state index in [0.29, 0.717) is 17.0 Å². The third-order valence-corrected chi connectivity index (χ3v) is 3.51. The van der Waals surface area contributed by atoms with Crippen molar-refractivity contribution in [2.75, 3.05) is 25.0 Å². The number of anilines is 1. The van der Waals surface area contributed by atoms with Gasteiger partial charge in [-0.25, -0.2) is 0 Å². The molecule has 1 unspecified atom stereocenters. The Hall–Kier alpha value is -1.79. The zero-order chi connectivity index (χ0) is 13.9. The lowest BCUT2D eigenvalue weighted by atomic mass is 10.1. The van der Waals surface area contributed by atoms with Gasteiger partial charge in [0, 0.05) is 18.2 Å². The number of piperidine rings is 1. The Morgan fingerprint density at radius 2 is 2.24 bits per heavy atom. The second-order valence-electron chi connectivity index (χ2n) is 5.06. The summed E-state index contributed by atoms with van der Waals surface area (Å²) in [6.45, 7) is 1.83. The minimum Gasteiger partial charge on any atom is -0.482 e. The Balaban J connectivity index is 0.00000161. The van der Waals surface area contributed by atoms with Crippen molar-refractivity contribution in [3.8, 4) is 5.75 Å². The molecule has 2 aliphatic heterocycles. The van der Waals surface area contributed by atoms with Crippen molar-refractivity contribution in [3.05, 3.63) is 23.8 Å². The number of carbonyl (C=O) groups excluding carboxylic acids is 2. The maximum atomic E-state index is 12.2. The molecule has 0 aromatic heterocycles. The molecule has 21 heavy (non-hydrogen) atoms. The standard InChI is InChI=1S/C14H17N3O3.ClH/c18-13-8-20-12-4-3-9(6-11(12)17-13)14(19)16-10-2-1-5-15-7-10;/h3-4,6,10,15H,1-2,5,7-8H2,(H,16,19)(H,17,18);1H. The van der Waals surface area contributed by atoms with Crippen molar-refractivity contribution in [1.29, 1.82) is 0 Å². The Kier molecular flexibility index (Phi) is 5.03. The summed E-state index contributed by atoms with van der Waals surface area (Å²) < 4.78 is 5.27. The fourth-order valence-corrected chi connectivity index (χ4v) is 2.47. The van der Waals surface area contributed by atoms with Crippen LogP contribution < -0.4 is 20.7 Å². The quantitative estimate of drug-likeness (QED) is 0.759. The molecule has 3 N–H and O–H groups in total. The lowest BCUT2D eigenvalue weighted by molar-refractivity contribution is -0.118. The van der Waals surface area contributed by atoms with Crippen LogP contribution in [0.15, 0.2) is 18.2 Å². The molecule has 1 aromatic carbocycles. The van der Waals surface area contributed by atoms with Crippen LogP contribution in [0.25, 0.3) is 0 Å². The fraction of sp³-hybridized carbons (Fsp3) is 0.429. The molecule has 7 heteroatoms. The van der Waals surface area contributed by atoms with Crippen LogP contribution in [0.4, 0.5) is 5.69 Å². The average Bonchev–Trinajstić information content (AvgIpc) is 2.47. The maximum absolute atomic E-state index is 12.2. The van der Waals surface area contributed by atoms with Crippen LogP contribution in [0.3, 0.4) is 0 Å². The molecule has 2 aliphatic rings. The normalized spacial score (nSPS) is 20.4. The van der Waals surface area contributed by atoms with Crippen LogP contribution in [0.2, 0.25) is 0 Å². The first kappa shape index (κ1) is 15.6. The van der Waals surface area contributed by atoms with Gasteiger partial charge in [-0.15, -0.1) is 12.4 Å². The Morgan fingerprint density at radius 1 is 1.38 bits per heavy atom. The first-order valence-corrected chi connectivity index (χ1v) is 6.80. The monoisotopic (exact) mass is 311 g/mol. The van der Waals surface area contributed by atoms with Gasteiger partial charge in [0.15, 0.2) is 6.61 Å². The summed E-state index contributed by atoms with van der Waals surface area (Å²) >= 11 is 0. The van der Waals surface area contributed by atoms with Gasteiger partial charge in [0.2, 0.25) is 0 Å². The molecule has 1 aromatic rings. The van der Waals surface area contributed by atoms with Crippen molar-refractivity contribution in [2.24, 2.45) is 0 Å². The van der Waals surface area contributed by atoms with E-state index in [1.807, 2.05) is 0 Å². The summed E-state index contributed by atoms with van der Waals surface area (Å²) in [5.41, 5.74) is 1.08. The van der Waals surface area contributed by atoms with E-state index in [1.54, 1.807) is 18.2 Å². The highest BCUT2D eigenvalue weighted by molar-refractivity contribution is 5.99. The van der Waals surface area contributed by atoms with E-state index in [4.69, 9.17) is 4.74 Å². The number of halogens is 1. The van der Waals surface area contributed by atoms with Gasteiger partial charge in [0.1, 0.15) is 5.75 Å². The number of fused-ring (bicyclic) bond motifs is 1. The van der Waals surface area contributed by atoms with Crippen LogP contribution in [-0.2, 0) is 4.79 Å². The summed E-state index contributed by atoms with van der Waals surface area (Å²) in [4.78, 5) is 23.5. The predicted molar refractivity (Wildman–Crippen MR) is 81.2 cm³/mol. The van der Waals surface area contributed by atoms with E-state index in [1.165, 1.54) is 0 Å². The lowest BCUT2D eigenvalue weighted by Gasteiger charge is -2.24. The molecular weight excluding hydrogens is 294 g/mol. The molecule has 2 heterocycles. The predicted octanol–water partition coefficient (Wildman–Crippen LogP) is 0.921. The molecule has 114 valence electrons. The molecule has 0 aliphatic carbocycles. The highest BCUT2D eigenvalue weighted by Gasteiger charge is 2.20. The van der Waals surface area contributed by atoms with Gasteiger partial charge in [-0.2, -0.15) is 0 Å². The molecule has 6 nitrogen and oxygen atoms in total. The first-order valence-electron chi connectivity index (χ1n) is 6.80. The van der Waals surface area contributed by atoms with E-state index >= 15 is 0 Å². The molecule has 2 amide bonds. The van der Waals surface area contributed by atoms with Gasteiger partial charge in [-0.3, -0.25) is 9.59 Å². The summed E-state index contributed by atoms with van der Waals surface area (Å²) in [5, 5.41) is 8.96. The average molecular weight is 312 g/mol. The van der Waals surface area contributed by atoms with E-state index in [2.05, 4.69) is 16.0 Å². The summed E-state index contributed by atoms with van der Waals surface area (Å²) in [7, 11) is 0. The van der Waals surface area contributed by atoms with Gasteiger partial charge in [0.25, 0.3) is 11.8 Å². The Bertz CT molecular complexity index is 544. The van der Waals surface area contributed by atoms with Crippen molar-refractivity contribution >= 4 is 29.9 Å². The molecule has 0 spiro atoms. The summed E-state index contributed by atoms with van der Waals surface area (Å²) in [6, 6.07) is 5.24. The van der Waals surface area contributed by atoms with Crippen molar-refractivity contribution in [2.45, 2.75) is 18.9 Å². The Morgan fingerprint density at radius 3 is 3.00 bits per heavy atom. The Labute approximate surface area is 129 Å². The number of hydrogen-bond donors (Lipinski definition) is 3. The lowest BCUT2D eigenvalue weighted by Crippen LogP contribution is -2.45. The zero-order valence-electron chi connectivity index (χ0n) is 11.5. The number of hydrogen-bond acceptors (Lipinski definition) is 4. The van der Waals surface area contributed by atoms with Crippen LogP contribution in [-0.4, -0.2) is 37.6 Å². The maximum Gasteiger partial charge on any atom is 0.262 e. The van der Waals surface area contributed by atoms with Gasteiger partial charge in [0.05, 0.1) is 5.69 Å². The molecule has 1 saturated heterocycles. The molecule has 0 saturated carbocycles. The van der Waals surface area contributed by atoms with Gasteiger partial charge >= 0.3 is 0 Å². The number of rotatable bonds is 2. The number of amides is 2. The van der Waals surface area contributed by atoms with Crippen LogP contribution in [0, 0.1) is 0 Å². The van der Waals surface area contributed by atoms with E-state index in [-0.39, 0.29) is 36.9 Å². The SMILES string of the molecule is Cl.O=C1COc2ccc(C(=O)NC3CCCNC3)cc2N1. The van der Waals surface area contributed by atoms with Gasteiger partial charge < -0.3 is 20.7 Å². The molecule has 1 atom stereocenters. The molecular formula is C14H18ClN3O3. The molecule has 3 rings (SSSR count). The van der Waals surface area contributed by atoms with E-state index in [0.717, 1.165) is 25.9 Å². The van der Waals surface area contributed by atoms with Crippen molar-refractivity contribution < 1.29 is 14.3 Å². The number of benzene rings is 1. The first-order chi connectivity index (χ1) is 9.72. The number of nitrogens with one attached hydrogen (secondary N) is 3. The van der Waals surface area contributed by atoms with E-state index < -0.39 is 0 Å². The van der Waals surface area contributed by atoms with Crippen LogP contribution in [0.1, 0.15) is 23.2 Å². The molecule has 0 bridgehead atoms. The third-order valence-electron chi connectivity index (χ3n) is 3.51. The highest BCUT2D eigenvalue weighted by Crippen LogP contribution is 2.28. The number of ether oxygens (including phenoxy) is 1. The number of carbonyl (C=O) groups is 2. The highest BCUT2D eigenvalue weighted by atomic mass is 35.5. The smallest absolute Gasteiger partial charge is 0.262 e. The molecule has 0 radical (unpaired) electrons. The minimum absolute atomic E-state index is 0. The largest absolute Gasteiger partial charge is 0.482 e. The van der Waals surface area contributed by atoms with Crippen LogP contribution >= 0.6 is 12.4 Å². The minimum atomic E-state index is -0.202. The zero-order valence-corrected chi connectivity index (χ0v) is 12.3. The topological polar surface area (TPSA) is 79.5 Å². The summed E-state index contributed by atoms with van der Waals surface area (Å²) in [6.07, 6.45) is 2.06. The van der Waals surface area contributed by atoms with Gasteiger partial charge in [-0.05, 0) is 37.6 Å². The van der Waals surface area contributed by atoms with Gasteiger partial charge in [-0.1, -0.05) is 0 Å². The van der Waals surface area contributed by atoms with E-state index in [9.17, 15) is 9.59 Å². The molecule has 1 fully saturated rings. The van der Waals surface area contributed by atoms with Crippen molar-refractivity contribution in [3.63, 3.8) is 0 Å².